The molecule has 0 saturated carbocycles. The smallest absolute Gasteiger partial charge is 0.312 e. The van der Waals surface area contributed by atoms with E-state index in [4.69, 9.17) is 0 Å². The third-order valence-electron chi connectivity index (χ3n) is 4.36. The first-order valence-electron chi connectivity index (χ1n) is 7.28. The number of aromatic amines is 2. The summed E-state index contributed by atoms with van der Waals surface area (Å²) in [5, 5.41) is 0. The van der Waals surface area contributed by atoms with E-state index >= 15 is 0 Å². The maximum atomic E-state index is 11.4. The topological polar surface area (TPSA) is 48.6 Å². The van der Waals surface area contributed by atoms with Gasteiger partial charge in [-0.25, -0.2) is 4.79 Å². The Balaban J connectivity index is 1.86. The molecule has 0 radical (unpaired) electrons. The van der Waals surface area contributed by atoms with Crippen molar-refractivity contribution in [2.45, 2.75) is 18.8 Å². The zero-order chi connectivity index (χ0) is 14.2. The van der Waals surface area contributed by atoms with Gasteiger partial charge in [0.05, 0.1) is 5.69 Å². The molecule has 0 saturated heterocycles. The van der Waals surface area contributed by atoms with Crippen LogP contribution in [0.25, 0.3) is 11.3 Å². The molecule has 21 heavy (non-hydrogen) atoms. The zero-order valence-electron chi connectivity index (χ0n) is 11.6. The molecule has 0 amide bonds. The first kappa shape index (κ1) is 12.2. The van der Waals surface area contributed by atoms with Crippen LogP contribution in [0, 0.1) is 0 Å². The normalized spacial score (nSPS) is 16.9. The van der Waals surface area contributed by atoms with E-state index in [9.17, 15) is 4.79 Å². The number of hydrogen-bond donors (Lipinski definition) is 2. The fourth-order valence-corrected chi connectivity index (χ4v) is 3.40. The molecule has 1 heterocycles. The fourth-order valence-electron chi connectivity index (χ4n) is 3.40. The quantitative estimate of drug-likeness (QED) is 0.740. The molecule has 3 nitrogen and oxygen atoms in total. The van der Waals surface area contributed by atoms with E-state index in [0.29, 0.717) is 5.92 Å². The minimum Gasteiger partial charge on any atom is -0.312 e. The van der Waals surface area contributed by atoms with E-state index < -0.39 is 0 Å². The molecule has 0 fully saturated rings. The first-order chi connectivity index (χ1) is 10.3. The highest BCUT2D eigenvalue weighted by atomic mass is 16.1. The van der Waals surface area contributed by atoms with Crippen LogP contribution in [-0.2, 0) is 6.42 Å². The molecule has 0 aliphatic heterocycles. The van der Waals surface area contributed by atoms with Crippen LogP contribution >= 0.6 is 0 Å². The van der Waals surface area contributed by atoms with Crippen molar-refractivity contribution in [3.63, 3.8) is 0 Å². The molecule has 4 rings (SSSR count). The van der Waals surface area contributed by atoms with E-state index in [-0.39, 0.29) is 5.69 Å². The van der Waals surface area contributed by atoms with Crippen LogP contribution in [0.5, 0.6) is 0 Å². The SMILES string of the molecule is O=c1[nH]cc(-c2ccccc2C2CCc3ccccc32)[nH]1. The molecule has 1 aliphatic rings. The van der Waals surface area contributed by atoms with E-state index in [0.717, 1.165) is 24.1 Å². The predicted molar refractivity (Wildman–Crippen MR) is 83.5 cm³/mol. The Bertz CT molecular complexity index is 844. The van der Waals surface area contributed by atoms with Crippen LogP contribution < -0.4 is 5.69 Å². The Morgan fingerprint density at radius 1 is 0.952 bits per heavy atom. The minimum atomic E-state index is -0.161. The maximum Gasteiger partial charge on any atom is 0.323 e. The van der Waals surface area contributed by atoms with Gasteiger partial charge in [0.1, 0.15) is 0 Å². The van der Waals surface area contributed by atoms with E-state index in [1.54, 1.807) is 6.20 Å². The Labute approximate surface area is 122 Å². The van der Waals surface area contributed by atoms with Crippen molar-refractivity contribution in [3.05, 3.63) is 81.9 Å². The van der Waals surface area contributed by atoms with Crippen molar-refractivity contribution in [1.82, 2.24) is 9.97 Å². The van der Waals surface area contributed by atoms with Gasteiger partial charge in [0.2, 0.25) is 0 Å². The van der Waals surface area contributed by atoms with Gasteiger partial charge in [0.25, 0.3) is 0 Å². The number of nitrogens with one attached hydrogen (secondary N) is 2. The van der Waals surface area contributed by atoms with Gasteiger partial charge in [0, 0.05) is 17.7 Å². The van der Waals surface area contributed by atoms with Crippen LogP contribution in [0.1, 0.15) is 29.0 Å². The predicted octanol–water partition coefficient (Wildman–Crippen LogP) is 3.45. The molecule has 0 spiro atoms. The summed E-state index contributed by atoms with van der Waals surface area (Å²) in [5.41, 5.74) is 5.96. The van der Waals surface area contributed by atoms with E-state index in [1.165, 1.54) is 16.7 Å². The molecule has 3 aromatic rings. The maximum absolute atomic E-state index is 11.4. The van der Waals surface area contributed by atoms with Gasteiger partial charge in [-0.15, -0.1) is 0 Å². The summed E-state index contributed by atoms with van der Waals surface area (Å²) in [6.07, 6.45) is 4.01. The van der Waals surface area contributed by atoms with Crippen molar-refractivity contribution in [2.24, 2.45) is 0 Å². The Kier molecular flexibility index (Phi) is 2.78. The van der Waals surface area contributed by atoms with E-state index in [1.807, 2.05) is 6.07 Å². The second kappa shape index (κ2) is 4.77. The number of hydrogen-bond acceptors (Lipinski definition) is 1. The van der Waals surface area contributed by atoms with Crippen molar-refractivity contribution in [2.75, 3.05) is 0 Å². The second-order valence-corrected chi connectivity index (χ2v) is 5.53. The van der Waals surface area contributed by atoms with Crippen molar-refractivity contribution in [3.8, 4) is 11.3 Å². The van der Waals surface area contributed by atoms with Gasteiger partial charge in [0.15, 0.2) is 0 Å². The Hall–Kier alpha value is -2.55. The highest BCUT2D eigenvalue weighted by Gasteiger charge is 2.25. The van der Waals surface area contributed by atoms with Crippen LogP contribution in [0.3, 0.4) is 0 Å². The summed E-state index contributed by atoms with van der Waals surface area (Å²) in [4.78, 5) is 16.9. The van der Waals surface area contributed by atoms with Crippen molar-refractivity contribution >= 4 is 0 Å². The Morgan fingerprint density at radius 3 is 2.52 bits per heavy atom. The number of imidazole rings is 1. The number of aryl methyl sites for hydroxylation is 1. The zero-order valence-corrected chi connectivity index (χ0v) is 11.6. The van der Waals surface area contributed by atoms with Crippen molar-refractivity contribution in [1.29, 1.82) is 0 Å². The molecule has 2 aromatic carbocycles. The average Bonchev–Trinajstić information content (AvgIpc) is 3.13. The molecule has 0 bridgehead atoms. The third-order valence-corrected chi connectivity index (χ3v) is 4.36. The number of aromatic nitrogens is 2. The lowest BCUT2D eigenvalue weighted by Crippen LogP contribution is -2.02. The molecule has 1 aromatic heterocycles. The number of fused-ring (bicyclic) bond motifs is 1. The second-order valence-electron chi connectivity index (χ2n) is 5.53. The lowest BCUT2D eigenvalue weighted by molar-refractivity contribution is 0.789. The summed E-state index contributed by atoms with van der Waals surface area (Å²) in [6.45, 7) is 0. The monoisotopic (exact) mass is 276 g/mol. The largest absolute Gasteiger partial charge is 0.323 e. The molecule has 1 unspecified atom stereocenters. The van der Waals surface area contributed by atoms with Crippen LogP contribution in [-0.4, -0.2) is 9.97 Å². The molecular formula is C18H16N2O. The van der Waals surface area contributed by atoms with Gasteiger partial charge in [-0.1, -0.05) is 48.5 Å². The van der Waals surface area contributed by atoms with Crippen molar-refractivity contribution < 1.29 is 0 Å². The van der Waals surface area contributed by atoms with Gasteiger partial charge >= 0.3 is 5.69 Å². The number of benzene rings is 2. The summed E-state index contributed by atoms with van der Waals surface area (Å²) >= 11 is 0. The van der Waals surface area contributed by atoms with E-state index in [2.05, 4.69) is 52.4 Å². The minimum absolute atomic E-state index is 0.161. The standard InChI is InChI=1S/C18H16N2O/c21-18-19-11-17(20-18)16-8-4-3-7-14(16)15-10-9-12-5-1-2-6-13(12)15/h1-8,11,15H,9-10H2,(H2,19,20,21). The van der Waals surface area contributed by atoms with Gasteiger partial charge < -0.3 is 9.97 Å². The Morgan fingerprint density at radius 2 is 1.71 bits per heavy atom. The average molecular weight is 276 g/mol. The summed E-state index contributed by atoms with van der Waals surface area (Å²) in [5.74, 6) is 0.413. The molecule has 1 atom stereocenters. The highest BCUT2D eigenvalue weighted by Crippen LogP contribution is 2.41. The summed E-state index contributed by atoms with van der Waals surface area (Å²) in [7, 11) is 0. The lowest BCUT2D eigenvalue weighted by Gasteiger charge is -2.16. The molecule has 2 N–H and O–H groups in total. The highest BCUT2D eigenvalue weighted by molar-refractivity contribution is 5.65. The van der Waals surface area contributed by atoms with Gasteiger partial charge in [-0.3, -0.25) is 0 Å². The fraction of sp³-hybridized carbons (Fsp3) is 0.167. The third kappa shape index (κ3) is 2.02. The van der Waals surface area contributed by atoms with Crippen LogP contribution in [0.4, 0.5) is 0 Å². The lowest BCUT2D eigenvalue weighted by atomic mass is 9.88. The summed E-state index contributed by atoms with van der Waals surface area (Å²) < 4.78 is 0. The number of rotatable bonds is 2. The van der Waals surface area contributed by atoms with Gasteiger partial charge in [-0.2, -0.15) is 0 Å². The van der Waals surface area contributed by atoms with Crippen LogP contribution in [0.15, 0.2) is 59.5 Å². The molecule has 3 heteroatoms. The van der Waals surface area contributed by atoms with Crippen LogP contribution in [0.2, 0.25) is 0 Å². The molecule has 1 aliphatic carbocycles. The number of H-pyrrole nitrogens is 2. The molecular weight excluding hydrogens is 260 g/mol. The summed E-state index contributed by atoms with van der Waals surface area (Å²) in [6, 6.07) is 17.0. The first-order valence-corrected chi connectivity index (χ1v) is 7.28. The molecule has 104 valence electrons. The van der Waals surface area contributed by atoms with Gasteiger partial charge in [-0.05, 0) is 29.5 Å².